The number of aliphatic hydroxyl groups excluding tert-OH is 1. The number of carbonyl (C=O) groups is 1. The highest BCUT2D eigenvalue weighted by Gasteiger charge is 2.30. The van der Waals surface area contributed by atoms with Crippen molar-refractivity contribution < 1.29 is 14.6 Å². The van der Waals surface area contributed by atoms with Crippen LogP contribution in [-0.2, 0) is 9.53 Å². The van der Waals surface area contributed by atoms with E-state index in [1.54, 1.807) is 31.2 Å². The maximum atomic E-state index is 12.3. The molecule has 0 spiro atoms. The monoisotopic (exact) mass is 289 g/mol. The minimum Gasteiger partial charge on any atom is -0.395 e. The van der Waals surface area contributed by atoms with E-state index in [2.05, 4.69) is 5.32 Å². The van der Waals surface area contributed by atoms with Crippen LogP contribution in [0.25, 0.3) is 0 Å². The summed E-state index contributed by atoms with van der Waals surface area (Å²) in [6.45, 7) is 3.35. The highest BCUT2D eigenvalue weighted by molar-refractivity contribution is 5.94. The Morgan fingerprint density at radius 2 is 2.48 bits per heavy atom. The number of nitriles is 1. The van der Waals surface area contributed by atoms with Gasteiger partial charge in [0.15, 0.2) is 0 Å². The first-order valence-corrected chi connectivity index (χ1v) is 6.91. The van der Waals surface area contributed by atoms with Crippen molar-refractivity contribution in [2.75, 3.05) is 31.7 Å². The molecular formula is C15H19N3O3. The highest BCUT2D eigenvalue weighted by Crippen LogP contribution is 2.14. The number of morpholine rings is 1. The summed E-state index contributed by atoms with van der Waals surface area (Å²) in [5, 5.41) is 21.0. The van der Waals surface area contributed by atoms with Gasteiger partial charge in [-0.2, -0.15) is 5.26 Å². The lowest BCUT2D eigenvalue weighted by molar-refractivity contribution is -0.125. The molecule has 112 valence electrons. The van der Waals surface area contributed by atoms with Gasteiger partial charge in [-0.15, -0.1) is 0 Å². The molecule has 1 heterocycles. The zero-order chi connectivity index (χ0) is 15.2. The number of anilines is 1. The van der Waals surface area contributed by atoms with Crippen molar-refractivity contribution in [1.82, 2.24) is 4.90 Å². The van der Waals surface area contributed by atoms with Crippen molar-refractivity contribution in [1.29, 1.82) is 5.26 Å². The van der Waals surface area contributed by atoms with Gasteiger partial charge in [-0.3, -0.25) is 9.69 Å². The molecule has 0 saturated carbocycles. The van der Waals surface area contributed by atoms with E-state index < -0.39 is 0 Å². The fourth-order valence-electron chi connectivity index (χ4n) is 2.40. The molecule has 1 aromatic rings. The number of hydrogen-bond acceptors (Lipinski definition) is 5. The third-order valence-corrected chi connectivity index (χ3v) is 3.62. The second kappa shape index (κ2) is 7.18. The Balaban J connectivity index is 2.03. The number of hydrogen-bond donors (Lipinski definition) is 2. The number of ether oxygens (including phenoxy) is 1. The van der Waals surface area contributed by atoms with Crippen molar-refractivity contribution in [3.8, 4) is 6.07 Å². The molecular weight excluding hydrogens is 270 g/mol. The Labute approximate surface area is 123 Å². The van der Waals surface area contributed by atoms with Crippen LogP contribution in [-0.4, -0.2) is 54.4 Å². The number of nitrogens with zero attached hydrogens (tertiary/aromatic N) is 2. The summed E-state index contributed by atoms with van der Waals surface area (Å²) in [7, 11) is 0. The van der Waals surface area contributed by atoms with Gasteiger partial charge in [0.2, 0.25) is 5.91 Å². The average Bonchev–Trinajstić information content (AvgIpc) is 2.54. The molecule has 1 aliphatic heterocycles. The molecule has 2 rings (SSSR count). The average molecular weight is 289 g/mol. The minimum absolute atomic E-state index is 0.0401. The largest absolute Gasteiger partial charge is 0.395 e. The Morgan fingerprint density at radius 1 is 1.67 bits per heavy atom. The molecule has 1 aromatic carbocycles. The third kappa shape index (κ3) is 3.79. The lowest BCUT2D eigenvalue weighted by atomic mass is 10.1. The fraction of sp³-hybridized carbons (Fsp3) is 0.467. The van der Waals surface area contributed by atoms with Gasteiger partial charge < -0.3 is 15.2 Å². The number of aliphatic hydroxyl groups is 1. The SMILES string of the molecule is CC(C(=O)Nc1cccc(C#N)c1)N1CCOCC1CO. The second-order valence-corrected chi connectivity index (χ2v) is 5.01. The predicted octanol–water partition coefficient (Wildman–Crippen LogP) is 0.578. The van der Waals surface area contributed by atoms with Gasteiger partial charge in [-0.1, -0.05) is 6.07 Å². The molecule has 1 amide bonds. The summed E-state index contributed by atoms with van der Waals surface area (Å²) >= 11 is 0. The smallest absolute Gasteiger partial charge is 0.241 e. The van der Waals surface area contributed by atoms with Crippen LogP contribution < -0.4 is 5.32 Å². The summed E-state index contributed by atoms with van der Waals surface area (Å²) in [6.07, 6.45) is 0. The van der Waals surface area contributed by atoms with E-state index in [0.717, 1.165) is 0 Å². The van der Waals surface area contributed by atoms with Crippen LogP contribution in [0.2, 0.25) is 0 Å². The molecule has 1 aliphatic rings. The predicted molar refractivity (Wildman–Crippen MR) is 77.6 cm³/mol. The molecule has 1 saturated heterocycles. The number of nitrogens with one attached hydrogen (secondary N) is 1. The molecule has 0 radical (unpaired) electrons. The number of rotatable bonds is 4. The number of carbonyl (C=O) groups excluding carboxylic acids is 1. The van der Waals surface area contributed by atoms with Gasteiger partial charge in [0.05, 0.1) is 43.5 Å². The van der Waals surface area contributed by atoms with Crippen LogP contribution >= 0.6 is 0 Å². The first-order chi connectivity index (χ1) is 10.2. The van der Waals surface area contributed by atoms with Crippen LogP contribution in [0.5, 0.6) is 0 Å². The van der Waals surface area contributed by atoms with Crippen molar-refractivity contribution >= 4 is 11.6 Å². The first-order valence-electron chi connectivity index (χ1n) is 6.91. The summed E-state index contributed by atoms with van der Waals surface area (Å²) in [5.74, 6) is -0.162. The molecule has 2 unspecified atom stereocenters. The quantitative estimate of drug-likeness (QED) is 0.847. The van der Waals surface area contributed by atoms with Crippen molar-refractivity contribution in [3.05, 3.63) is 29.8 Å². The molecule has 6 nitrogen and oxygen atoms in total. The van der Waals surface area contributed by atoms with E-state index in [1.807, 2.05) is 11.0 Å². The summed E-state index contributed by atoms with van der Waals surface area (Å²) in [4.78, 5) is 14.3. The molecule has 2 atom stereocenters. The maximum absolute atomic E-state index is 12.3. The van der Waals surface area contributed by atoms with E-state index in [-0.39, 0.29) is 24.6 Å². The molecule has 1 fully saturated rings. The second-order valence-electron chi connectivity index (χ2n) is 5.01. The Bertz CT molecular complexity index is 541. The van der Waals surface area contributed by atoms with Crippen molar-refractivity contribution in [3.63, 3.8) is 0 Å². The normalized spacial score (nSPS) is 20.5. The number of benzene rings is 1. The Hall–Kier alpha value is -1.94. The van der Waals surface area contributed by atoms with Gasteiger partial charge in [-0.05, 0) is 25.1 Å². The topological polar surface area (TPSA) is 85.6 Å². The highest BCUT2D eigenvalue weighted by atomic mass is 16.5. The molecule has 0 bridgehead atoms. The fourth-order valence-corrected chi connectivity index (χ4v) is 2.40. The van der Waals surface area contributed by atoms with E-state index in [4.69, 9.17) is 10.00 Å². The molecule has 21 heavy (non-hydrogen) atoms. The summed E-state index contributed by atoms with van der Waals surface area (Å²) in [6, 6.07) is 8.28. The molecule has 0 aliphatic carbocycles. The van der Waals surface area contributed by atoms with E-state index in [0.29, 0.717) is 31.0 Å². The zero-order valence-electron chi connectivity index (χ0n) is 12.0. The Morgan fingerprint density at radius 3 is 3.19 bits per heavy atom. The minimum atomic E-state index is -0.378. The van der Waals surface area contributed by atoms with Gasteiger partial charge in [0.1, 0.15) is 0 Å². The maximum Gasteiger partial charge on any atom is 0.241 e. The van der Waals surface area contributed by atoms with Crippen LogP contribution in [0.1, 0.15) is 12.5 Å². The van der Waals surface area contributed by atoms with Crippen LogP contribution in [0.3, 0.4) is 0 Å². The van der Waals surface area contributed by atoms with Crippen LogP contribution in [0, 0.1) is 11.3 Å². The molecule has 0 aromatic heterocycles. The van der Waals surface area contributed by atoms with Gasteiger partial charge in [-0.25, -0.2) is 0 Å². The van der Waals surface area contributed by atoms with E-state index in [1.165, 1.54) is 0 Å². The van der Waals surface area contributed by atoms with Gasteiger partial charge in [0, 0.05) is 12.2 Å². The Kier molecular flexibility index (Phi) is 5.28. The van der Waals surface area contributed by atoms with Crippen molar-refractivity contribution in [2.24, 2.45) is 0 Å². The molecule has 6 heteroatoms. The van der Waals surface area contributed by atoms with Gasteiger partial charge in [0.25, 0.3) is 0 Å². The first kappa shape index (κ1) is 15.4. The summed E-state index contributed by atoms with van der Waals surface area (Å²) < 4.78 is 5.31. The zero-order valence-corrected chi connectivity index (χ0v) is 12.0. The standard InChI is InChI=1S/C15H19N3O3/c1-11(18-5-6-21-10-14(18)9-19)15(20)17-13-4-2-3-12(7-13)8-16/h2-4,7,11,14,19H,5-6,9-10H2,1H3,(H,17,20). The van der Waals surface area contributed by atoms with E-state index >= 15 is 0 Å². The lowest BCUT2D eigenvalue weighted by Crippen LogP contribution is -2.54. The summed E-state index contributed by atoms with van der Waals surface area (Å²) in [5.41, 5.74) is 1.10. The third-order valence-electron chi connectivity index (χ3n) is 3.62. The number of amides is 1. The van der Waals surface area contributed by atoms with E-state index in [9.17, 15) is 9.90 Å². The molecule has 2 N–H and O–H groups in total. The van der Waals surface area contributed by atoms with Crippen LogP contribution in [0.4, 0.5) is 5.69 Å². The van der Waals surface area contributed by atoms with Crippen LogP contribution in [0.15, 0.2) is 24.3 Å². The van der Waals surface area contributed by atoms with Gasteiger partial charge >= 0.3 is 0 Å². The van der Waals surface area contributed by atoms with Crippen molar-refractivity contribution in [2.45, 2.75) is 19.0 Å². The lowest BCUT2D eigenvalue weighted by Gasteiger charge is -2.37.